The third-order valence-corrected chi connectivity index (χ3v) is 4.76. The van der Waals surface area contributed by atoms with Gasteiger partial charge in [-0.2, -0.15) is 0 Å². The van der Waals surface area contributed by atoms with Crippen LogP contribution in [0.15, 0.2) is 91.0 Å². The molecule has 0 aliphatic heterocycles. The number of hydrogen-bond acceptors (Lipinski definition) is 0. The van der Waals surface area contributed by atoms with Crippen molar-refractivity contribution in [1.82, 2.24) is 0 Å². The summed E-state index contributed by atoms with van der Waals surface area (Å²) in [7, 11) is 0. The quantitative estimate of drug-likeness (QED) is 0.346. The summed E-state index contributed by atoms with van der Waals surface area (Å²) in [5.74, 6) is 0. The zero-order valence-electron chi connectivity index (χ0n) is 13.2. The third-order valence-electron chi connectivity index (χ3n) is 4.44. The lowest BCUT2D eigenvalue weighted by Crippen LogP contribution is -1.92. The Kier molecular flexibility index (Phi) is 4.18. The van der Waals surface area contributed by atoms with Gasteiger partial charge in [0.25, 0.3) is 0 Å². The van der Waals surface area contributed by atoms with Crippen molar-refractivity contribution >= 4 is 43.0 Å². The van der Waals surface area contributed by atoms with Crippen molar-refractivity contribution in [2.75, 3.05) is 5.33 Å². The molecule has 0 unspecified atom stereocenters. The molecule has 0 atom stereocenters. The summed E-state index contributed by atoms with van der Waals surface area (Å²) in [6.07, 6.45) is 2.27. The normalized spacial score (nSPS) is 10.9. The van der Waals surface area contributed by atoms with E-state index in [1.54, 1.807) is 0 Å². The molecule has 4 rings (SSSR count). The summed E-state index contributed by atoms with van der Waals surface area (Å²) in [5.41, 5.74) is 3.84. The maximum absolute atomic E-state index is 3.60. The summed E-state index contributed by atoms with van der Waals surface area (Å²) in [6, 6.07) is 30.3. The fourth-order valence-electron chi connectivity index (χ4n) is 3.36. The van der Waals surface area contributed by atoms with Gasteiger partial charge in [-0.05, 0) is 38.2 Å². The minimum atomic E-state index is 0.828. The topological polar surface area (TPSA) is 0 Å². The molecule has 0 aliphatic rings. The molecule has 0 aromatic heterocycles. The van der Waals surface area contributed by atoms with E-state index < -0.39 is 0 Å². The van der Waals surface area contributed by atoms with E-state index in [4.69, 9.17) is 0 Å². The molecule has 0 bridgehead atoms. The van der Waals surface area contributed by atoms with Gasteiger partial charge in [0.1, 0.15) is 0 Å². The molecule has 4 aromatic rings. The van der Waals surface area contributed by atoms with Gasteiger partial charge in [0, 0.05) is 5.33 Å². The minimum absolute atomic E-state index is 0.828. The summed E-state index contributed by atoms with van der Waals surface area (Å²) in [5, 5.41) is 5.96. The van der Waals surface area contributed by atoms with Crippen LogP contribution in [0.1, 0.15) is 11.1 Å². The average molecular weight is 373 g/mol. The van der Waals surface area contributed by atoms with Crippen LogP contribution in [-0.2, 0) is 0 Å². The van der Waals surface area contributed by atoms with Crippen LogP contribution in [-0.4, -0.2) is 5.33 Å². The van der Waals surface area contributed by atoms with Crippen LogP contribution in [0, 0.1) is 0 Å². The van der Waals surface area contributed by atoms with Crippen molar-refractivity contribution in [2.45, 2.75) is 0 Å². The SMILES string of the molecule is BrCC=C(c1cccc2ccccc12)c1cccc2ccccc12. The molecule has 0 N–H and O–H groups in total. The van der Waals surface area contributed by atoms with Crippen LogP contribution in [0.3, 0.4) is 0 Å². The Morgan fingerprint density at radius 3 is 1.58 bits per heavy atom. The molecule has 0 fully saturated rings. The lowest BCUT2D eigenvalue weighted by atomic mass is 9.90. The fraction of sp³-hybridized carbons (Fsp3) is 0.0435. The van der Waals surface area contributed by atoms with Gasteiger partial charge >= 0.3 is 0 Å². The van der Waals surface area contributed by atoms with Gasteiger partial charge in [-0.3, -0.25) is 0 Å². The van der Waals surface area contributed by atoms with Crippen LogP contribution in [0.25, 0.3) is 27.1 Å². The number of benzene rings is 4. The molecule has 0 saturated heterocycles. The summed E-state index contributed by atoms with van der Waals surface area (Å²) in [6.45, 7) is 0. The van der Waals surface area contributed by atoms with Crippen LogP contribution in [0.2, 0.25) is 0 Å². The zero-order valence-corrected chi connectivity index (χ0v) is 14.8. The van der Waals surface area contributed by atoms with Crippen molar-refractivity contribution in [3.05, 3.63) is 102 Å². The number of rotatable bonds is 3. The number of fused-ring (bicyclic) bond motifs is 2. The molecule has 0 nitrogen and oxygen atoms in total. The van der Waals surface area contributed by atoms with Crippen molar-refractivity contribution in [3.63, 3.8) is 0 Å². The Labute approximate surface area is 150 Å². The molecule has 1 heteroatoms. The predicted octanol–water partition coefficient (Wildman–Crippen LogP) is 6.82. The Balaban J connectivity index is 2.03. The Morgan fingerprint density at radius 2 is 1.08 bits per heavy atom. The van der Waals surface area contributed by atoms with Gasteiger partial charge in [0.05, 0.1) is 0 Å². The second kappa shape index (κ2) is 6.62. The van der Waals surface area contributed by atoms with E-state index in [-0.39, 0.29) is 0 Å². The highest BCUT2D eigenvalue weighted by molar-refractivity contribution is 9.09. The van der Waals surface area contributed by atoms with E-state index in [1.165, 1.54) is 38.2 Å². The first kappa shape index (κ1) is 15.2. The monoisotopic (exact) mass is 372 g/mol. The first-order chi connectivity index (χ1) is 11.9. The van der Waals surface area contributed by atoms with Crippen molar-refractivity contribution in [3.8, 4) is 0 Å². The summed E-state index contributed by atoms with van der Waals surface area (Å²) >= 11 is 3.60. The zero-order chi connectivity index (χ0) is 16.4. The van der Waals surface area contributed by atoms with Crippen LogP contribution in [0.4, 0.5) is 0 Å². The van der Waals surface area contributed by atoms with E-state index in [0.717, 1.165) is 5.33 Å². The fourth-order valence-corrected chi connectivity index (χ4v) is 3.69. The van der Waals surface area contributed by atoms with Gasteiger partial charge in [-0.25, -0.2) is 0 Å². The minimum Gasteiger partial charge on any atom is -0.0883 e. The maximum Gasteiger partial charge on any atom is 0.0221 e. The van der Waals surface area contributed by atoms with Crippen molar-refractivity contribution in [1.29, 1.82) is 0 Å². The van der Waals surface area contributed by atoms with Gasteiger partial charge in [0.2, 0.25) is 0 Å². The molecular weight excluding hydrogens is 356 g/mol. The van der Waals surface area contributed by atoms with E-state index in [2.05, 4.69) is 107 Å². The summed E-state index contributed by atoms with van der Waals surface area (Å²) < 4.78 is 0. The van der Waals surface area contributed by atoms with Crippen LogP contribution in [0.5, 0.6) is 0 Å². The van der Waals surface area contributed by atoms with Gasteiger partial charge < -0.3 is 0 Å². The second-order valence-electron chi connectivity index (χ2n) is 5.83. The Bertz CT molecular complexity index is 952. The van der Waals surface area contributed by atoms with E-state index in [1.807, 2.05) is 0 Å². The molecule has 0 amide bonds. The predicted molar refractivity (Wildman–Crippen MR) is 109 cm³/mol. The number of hydrogen-bond donors (Lipinski definition) is 0. The van der Waals surface area contributed by atoms with Crippen molar-refractivity contribution < 1.29 is 0 Å². The highest BCUT2D eigenvalue weighted by atomic mass is 79.9. The molecule has 4 aromatic carbocycles. The molecule has 24 heavy (non-hydrogen) atoms. The lowest BCUT2D eigenvalue weighted by Gasteiger charge is -2.14. The average Bonchev–Trinajstić information content (AvgIpc) is 2.65. The third kappa shape index (κ3) is 2.65. The Hall–Kier alpha value is -2.38. The van der Waals surface area contributed by atoms with Crippen LogP contribution < -0.4 is 0 Å². The molecule has 0 saturated carbocycles. The smallest absolute Gasteiger partial charge is 0.0221 e. The second-order valence-corrected chi connectivity index (χ2v) is 6.47. The van der Waals surface area contributed by atoms with Gasteiger partial charge in [-0.1, -0.05) is 107 Å². The molecule has 116 valence electrons. The Morgan fingerprint density at radius 1 is 0.625 bits per heavy atom. The van der Waals surface area contributed by atoms with Crippen LogP contribution >= 0.6 is 15.9 Å². The molecular formula is C23H17Br. The van der Waals surface area contributed by atoms with Gasteiger partial charge in [-0.15, -0.1) is 0 Å². The van der Waals surface area contributed by atoms with E-state index in [0.29, 0.717) is 0 Å². The number of halogens is 1. The molecule has 0 spiro atoms. The van der Waals surface area contributed by atoms with E-state index in [9.17, 15) is 0 Å². The lowest BCUT2D eigenvalue weighted by molar-refractivity contribution is 1.59. The van der Waals surface area contributed by atoms with E-state index >= 15 is 0 Å². The highest BCUT2D eigenvalue weighted by Gasteiger charge is 2.11. The first-order valence-electron chi connectivity index (χ1n) is 8.11. The molecule has 0 heterocycles. The molecule has 0 aliphatic carbocycles. The highest BCUT2D eigenvalue weighted by Crippen LogP contribution is 2.34. The first-order valence-corrected chi connectivity index (χ1v) is 9.23. The van der Waals surface area contributed by atoms with Crippen molar-refractivity contribution in [2.24, 2.45) is 0 Å². The standard InChI is InChI=1S/C23H17Br/c24-16-15-23(21-13-5-9-17-7-1-3-11-19(17)21)22-14-6-10-18-8-2-4-12-20(18)22/h1-15H,16H2. The molecule has 0 radical (unpaired) electrons. The number of allylic oxidation sites excluding steroid dienone is 1. The largest absolute Gasteiger partial charge is 0.0883 e. The maximum atomic E-state index is 3.60. The van der Waals surface area contributed by atoms with Gasteiger partial charge in [0.15, 0.2) is 0 Å². The number of alkyl halides is 1. The summed E-state index contributed by atoms with van der Waals surface area (Å²) in [4.78, 5) is 0.